The van der Waals surface area contributed by atoms with Gasteiger partial charge in [-0.05, 0) is 42.5 Å². The third-order valence-corrected chi connectivity index (χ3v) is 5.78. The number of amides is 2. The van der Waals surface area contributed by atoms with Crippen LogP contribution in [0.5, 0.6) is 0 Å². The number of carbonyl (C=O) groups is 2. The zero-order chi connectivity index (χ0) is 20.2. The molecular formula is C20H21N5O3S. The van der Waals surface area contributed by atoms with Crippen LogP contribution in [0.1, 0.15) is 30.0 Å². The van der Waals surface area contributed by atoms with E-state index < -0.39 is 5.91 Å². The van der Waals surface area contributed by atoms with E-state index in [2.05, 4.69) is 27.6 Å². The summed E-state index contributed by atoms with van der Waals surface area (Å²) in [6.45, 7) is -0.0943. The van der Waals surface area contributed by atoms with Crippen molar-refractivity contribution in [3.63, 3.8) is 0 Å². The van der Waals surface area contributed by atoms with Crippen molar-refractivity contribution < 1.29 is 14.0 Å². The Morgan fingerprint density at radius 3 is 2.90 bits per heavy atom. The minimum Gasteiger partial charge on any atom is -0.461 e. The van der Waals surface area contributed by atoms with Crippen LogP contribution in [0.4, 0.5) is 0 Å². The molecule has 0 radical (unpaired) electrons. The van der Waals surface area contributed by atoms with Crippen LogP contribution in [0.15, 0.2) is 52.2 Å². The van der Waals surface area contributed by atoms with Gasteiger partial charge >= 0.3 is 0 Å². The number of nitrogens with zero attached hydrogens (tertiary/aromatic N) is 3. The second kappa shape index (κ2) is 8.52. The Morgan fingerprint density at radius 2 is 2.10 bits per heavy atom. The fourth-order valence-corrected chi connectivity index (χ4v) is 4.30. The van der Waals surface area contributed by atoms with Crippen LogP contribution >= 0.6 is 11.8 Å². The summed E-state index contributed by atoms with van der Waals surface area (Å²) in [7, 11) is 0. The number of hydrogen-bond acceptors (Lipinski definition) is 6. The van der Waals surface area contributed by atoms with Crippen LogP contribution in [0, 0.1) is 0 Å². The molecule has 0 saturated heterocycles. The third-order valence-electron chi connectivity index (χ3n) is 4.81. The fraction of sp³-hybridized carbons (Fsp3) is 0.300. The first-order chi connectivity index (χ1) is 14.1. The van der Waals surface area contributed by atoms with Gasteiger partial charge in [-0.2, -0.15) is 0 Å². The average molecular weight is 411 g/mol. The lowest BCUT2D eigenvalue weighted by Crippen LogP contribution is -2.32. The van der Waals surface area contributed by atoms with E-state index >= 15 is 0 Å². The van der Waals surface area contributed by atoms with E-state index in [1.807, 2.05) is 12.1 Å². The largest absolute Gasteiger partial charge is 0.461 e. The number of primary amides is 1. The average Bonchev–Trinajstić information content (AvgIpc) is 3.36. The first kappa shape index (κ1) is 19.3. The highest BCUT2D eigenvalue weighted by atomic mass is 32.2. The maximum atomic E-state index is 12.6. The standard InChI is InChI=1S/C20H21N5O3S/c21-17(26)11-25-19(16-9-4-10-28-16)23-24-20(25)29-12-18(27)22-15-8-3-6-13-5-1-2-7-14(13)15/h1-2,4-5,7,9-10,15H,3,6,8,11-12H2,(H2,21,26)(H,22,27)/t15-/m0/s1. The topological polar surface area (TPSA) is 116 Å². The van der Waals surface area contributed by atoms with Crippen molar-refractivity contribution in [1.29, 1.82) is 0 Å². The molecule has 0 saturated carbocycles. The Kier molecular flexibility index (Phi) is 5.66. The minimum absolute atomic E-state index is 0.0234. The van der Waals surface area contributed by atoms with Crippen LogP contribution in [0.2, 0.25) is 0 Å². The van der Waals surface area contributed by atoms with Gasteiger partial charge in [-0.3, -0.25) is 14.2 Å². The summed E-state index contributed by atoms with van der Waals surface area (Å²) >= 11 is 1.21. The zero-order valence-corrected chi connectivity index (χ0v) is 16.5. The first-order valence-electron chi connectivity index (χ1n) is 9.37. The second-order valence-corrected chi connectivity index (χ2v) is 7.78. The van der Waals surface area contributed by atoms with Gasteiger partial charge in [0.25, 0.3) is 0 Å². The Labute approximate surface area is 171 Å². The normalized spacial score (nSPS) is 15.7. The van der Waals surface area contributed by atoms with Crippen LogP contribution in [0.25, 0.3) is 11.6 Å². The smallest absolute Gasteiger partial charge is 0.237 e. The molecule has 8 nitrogen and oxygen atoms in total. The molecule has 0 unspecified atom stereocenters. The number of aromatic nitrogens is 3. The summed E-state index contributed by atoms with van der Waals surface area (Å²) < 4.78 is 6.92. The molecule has 3 N–H and O–H groups in total. The van der Waals surface area contributed by atoms with Crippen molar-refractivity contribution in [2.45, 2.75) is 37.0 Å². The molecule has 4 rings (SSSR count). The number of nitrogens with one attached hydrogen (secondary N) is 1. The number of thioether (sulfide) groups is 1. The minimum atomic E-state index is -0.525. The quantitative estimate of drug-likeness (QED) is 0.577. The number of hydrogen-bond donors (Lipinski definition) is 2. The SMILES string of the molecule is NC(=O)Cn1c(SCC(=O)N[C@H]2CCCc3ccccc32)nnc1-c1ccco1. The van der Waals surface area contributed by atoms with E-state index in [0.29, 0.717) is 16.7 Å². The summed E-state index contributed by atoms with van der Waals surface area (Å²) in [4.78, 5) is 24.0. The molecule has 0 bridgehead atoms. The van der Waals surface area contributed by atoms with Crippen LogP contribution in [-0.4, -0.2) is 32.3 Å². The van der Waals surface area contributed by atoms with Gasteiger partial charge in [-0.25, -0.2) is 0 Å². The van der Waals surface area contributed by atoms with E-state index in [-0.39, 0.29) is 24.2 Å². The monoisotopic (exact) mass is 411 g/mol. The molecule has 0 spiro atoms. The van der Waals surface area contributed by atoms with Crippen LogP contribution in [-0.2, 0) is 22.6 Å². The highest BCUT2D eigenvalue weighted by Gasteiger charge is 2.23. The second-order valence-electron chi connectivity index (χ2n) is 6.84. The lowest BCUT2D eigenvalue weighted by Gasteiger charge is -2.26. The van der Waals surface area contributed by atoms with E-state index in [1.165, 1.54) is 29.2 Å². The Hall–Kier alpha value is -3.07. The maximum absolute atomic E-state index is 12.6. The van der Waals surface area contributed by atoms with Crippen molar-refractivity contribution >= 4 is 23.6 Å². The van der Waals surface area contributed by atoms with E-state index in [4.69, 9.17) is 10.2 Å². The van der Waals surface area contributed by atoms with Crippen molar-refractivity contribution in [3.8, 4) is 11.6 Å². The van der Waals surface area contributed by atoms with Crippen molar-refractivity contribution in [3.05, 3.63) is 53.8 Å². The summed E-state index contributed by atoms with van der Waals surface area (Å²) in [6, 6.07) is 11.7. The predicted octanol–water partition coefficient (Wildman–Crippen LogP) is 2.31. The van der Waals surface area contributed by atoms with Crippen molar-refractivity contribution in [2.75, 3.05) is 5.75 Å². The lowest BCUT2D eigenvalue weighted by atomic mass is 9.88. The van der Waals surface area contributed by atoms with Crippen LogP contribution in [0.3, 0.4) is 0 Å². The number of carbonyl (C=O) groups excluding carboxylic acids is 2. The maximum Gasteiger partial charge on any atom is 0.237 e. The number of fused-ring (bicyclic) bond motifs is 1. The van der Waals surface area contributed by atoms with E-state index in [1.54, 1.807) is 16.7 Å². The molecule has 150 valence electrons. The van der Waals surface area contributed by atoms with Gasteiger partial charge in [0.1, 0.15) is 6.54 Å². The number of aryl methyl sites for hydroxylation is 1. The van der Waals surface area contributed by atoms with E-state index in [9.17, 15) is 9.59 Å². The van der Waals surface area contributed by atoms with Gasteiger partial charge in [-0.1, -0.05) is 36.0 Å². The molecule has 2 heterocycles. The number of nitrogens with two attached hydrogens (primary N) is 1. The van der Waals surface area contributed by atoms with Crippen molar-refractivity contribution in [2.24, 2.45) is 5.73 Å². The highest BCUT2D eigenvalue weighted by molar-refractivity contribution is 7.99. The Morgan fingerprint density at radius 1 is 1.24 bits per heavy atom. The molecule has 2 aromatic heterocycles. The predicted molar refractivity (Wildman–Crippen MR) is 108 cm³/mol. The lowest BCUT2D eigenvalue weighted by molar-refractivity contribution is -0.119. The molecule has 1 aliphatic carbocycles. The number of rotatable bonds is 7. The van der Waals surface area contributed by atoms with Gasteiger partial charge in [0.2, 0.25) is 17.6 Å². The molecule has 3 aromatic rings. The summed E-state index contributed by atoms with van der Waals surface area (Å²) in [5.74, 6) is 0.424. The third kappa shape index (κ3) is 4.34. The molecular weight excluding hydrogens is 390 g/mol. The number of furan rings is 1. The van der Waals surface area contributed by atoms with Gasteiger partial charge in [0.15, 0.2) is 10.9 Å². The number of benzene rings is 1. The Bertz CT molecular complexity index is 1020. The first-order valence-corrected chi connectivity index (χ1v) is 10.4. The highest BCUT2D eigenvalue weighted by Crippen LogP contribution is 2.30. The summed E-state index contributed by atoms with van der Waals surface area (Å²) in [6.07, 6.45) is 4.53. The van der Waals surface area contributed by atoms with Crippen LogP contribution < -0.4 is 11.1 Å². The van der Waals surface area contributed by atoms with E-state index in [0.717, 1.165) is 19.3 Å². The Balaban J connectivity index is 1.44. The zero-order valence-electron chi connectivity index (χ0n) is 15.7. The van der Waals surface area contributed by atoms with Gasteiger partial charge < -0.3 is 15.5 Å². The van der Waals surface area contributed by atoms with Crippen molar-refractivity contribution in [1.82, 2.24) is 20.1 Å². The van der Waals surface area contributed by atoms with Gasteiger partial charge in [0.05, 0.1) is 18.1 Å². The molecule has 9 heteroatoms. The molecule has 29 heavy (non-hydrogen) atoms. The summed E-state index contributed by atoms with van der Waals surface area (Å²) in [5, 5.41) is 11.8. The molecule has 1 aromatic carbocycles. The molecule has 1 atom stereocenters. The molecule has 2 amide bonds. The molecule has 0 fully saturated rings. The van der Waals surface area contributed by atoms with Gasteiger partial charge in [0, 0.05) is 0 Å². The molecule has 1 aliphatic rings. The molecule has 0 aliphatic heterocycles. The van der Waals surface area contributed by atoms with Gasteiger partial charge in [-0.15, -0.1) is 10.2 Å². The summed E-state index contributed by atoms with van der Waals surface area (Å²) in [5.41, 5.74) is 7.85. The fourth-order valence-electron chi connectivity index (χ4n) is 3.55.